The van der Waals surface area contributed by atoms with Gasteiger partial charge in [0.25, 0.3) is 0 Å². The van der Waals surface area contributed by atoms with Gasteiger partial charge in [-0.05, 0) is 19.1 Å². The number of carboxylic acid groups (broad SMARTS) is 1. The van der Waals surface area contributed by atoms with E-state index in [1.54, 1.807) is 13.1 Å². The largest absolute Gasteiger partial charge is 0.477 e. The summed E-state index contributed by atoms with van der Waals surface area (Å²) in [7, 11) is 3.65. The van der Waals surface area contributed by atoms with E-state index in [4.69, 9.17) is 5.11 Å². The molecule has 0 atom stereocenters. The van der Waals surface area contributed by atoms with Crippen LogP contribution in [0.1, 0.15) is 16.2 Å². The van der Waals surface area contributed by atoms with Crippen molar-refractivity contribution in [3.8, 4) is 11.3 Å². The lowest BCUT2D eigenvalue weighted by molar-refractivity contribution is 0.0685. The number of aromatic nitrogens is 3. The summed E-state index contributed by atoms with van der Waals surface area (Å²) in [5, 5.41) is 14.6. The molecule has 0 aliphatic carbocycles. The van der Waals surface area contributed by atoms with Crippen LogP contribution >= 0.6 is 0 Å². The van der Waals surface area contributed by atoms with E-state index in [0.29, 0.717) is 5.69 Å². The molecule has 1 aromatic carbocycles. The molecule has 5 heteroatoms. The number of hydrogen-bond donors (Lipinski definition) is 1. The third-order valence-electron chi connectivity index (χ3n) is 3.75. The molecule has 20 heavy (non-hydrogen) atoms. The molecule has 0 fully saturated rings. The zero-order chi connectivity index (χ0) is 14.4. The molecule has 1 N–H and O–H groups in total. The van der Waals surface area contributed by atoms with E-state index in [1.165, 1.54) is 4.68 Å². The molecule has 2 heterocycles. The fourth-order valence-electron chi connectivity index (χ4n) is 2.63. The van der Waals surface area contributed by atoms with Crippen LogP contribution in [0, 0.1) is 6.92 Å². The number of aromatic carboxylic acids is 1. The van der Waals surface area contributed by atoms with E-state index < -0.39 is 5.97 Å². The molecule has 0 unspecified atom stereocenters. The van der Waals surface area contributed by atoms with E-state index >= 15 is 0 Å². The van der Waals surface area contributed by atoms with Crippen molar-refractivity contribution < 1.29 is 9.90 Å². The van der Waals surface area contributed by atoms with Crippen LogP contribution in [0.4, 0.5) is 0 Å². The normalized spacial score (nSPS) is 11.2. The lowest BCUT2D eigenvalue weighted by Gasteiger charge is -1.98. The van der Waals surface area contributed by atoms with Crippen LogP contribution in [0.3, 0.4) is 0 Å². The predicted octanol–water partition coefficient (Wildman–Crippen LogP) is 2.59. The molecule has 3 aromatic rings. The number of carbonyl (C=O) groups is 1. The first-order valence-electron chi connectivity index (χ1n) is 6.32. The zero-order valence-corrected chi connectivity index (χ0v) is 11.6. The molecule has 3 rings (SSSR count). The molecule has 0 spiro atoms. The van der Waals surface area contributed by atoms with Gasteiger partial charge in [0.05, 0.1) is 5.69 Å². The average Bonchev–Trinajstić information content (AvgIpc) is 2.90. The van der Waals surface area contributed by atoms with Crippen molar-refractivity contribution in [2.75, 3.05) is 0 Å². The molecule has 2 aromatic heterocycles. The second-order valence-electron chi connectivity index (χ2n) is 4.88. The number of carboxylic acids is 1. The van der Waals surface area contributed by atoms with Gasteiger partial charge in [0, 0.05) is 36.3 Å². The minimum Gasteiger partial charge on any atom is -0.477 e. The molecule has 0 saturated heterocycles. The van der Waals surface area contributed by atoms with Crippen LogP contribution in [0.5, 0.6) is 0 Å². The summed E-state index contributed by atoms with van der Waals surface area (Å²) in [6.45, 7) is 2.02. The molecule has 102 valence electrons. The maximum atomic E-state index is 11.2. The van der Waals surface area contributed by atoms with E-state index in [0.717, 1.165) is 22.2 Å². The van der Waals surface area contributed by atoms with Crippen molar-refractivity contribution in [3.63, 3.8) is 0 Å². The first-order valence-corrected chi connectivity index (χ1v) is 6.32. The van der Waals surface area contributed by atoms with Crippen LogP contribution < -0.4 is 0 Å². The highest BCUT2D eigenvalue weighted by Gasteiger charge is 2.19. The average molecular weight is 269 g/mol. The van der Waals surface area contributed by atoms with Crippen molar-refractivity contribution in [2.24, 2.45) is 14.1 Å². The lowest BCUT2D eigenvalue weighted by atomic mass is 10.1. The predicted molar refractivity (Wildman–Crippen MR) is 76.8 cm³/mol. The Morgan fingerprint density at radius 2 is 1.95 bits per heavy atom. The summed E-state index contributed by atoms with van der Waals surface area (Å²) in [5.74, 6) is -0.968. The zero-order valence-electron chi connectivity index (χ0n) is 11.6. The molecule has 0 aliphatic heterocycles. The van der Waals surface area contributed by atoms with Crippen LogP contribution in [0.15, 0.2) is 30.3 Å². The first kappa shape index (κ1) is 12.5. The smallest absolute Gasteiger partial charge is 0.354 e. The number of para-hydroxylation sites is 1. The van der Waals surface area contributed by atoms with Crippen molar-refractivity contribution in [1.82, 2.24) is 14.3 Å². The number of benzene rings is 1. The van der Waals surface area contributed by atoms with E-state index in [9.17, 15) is 4.79 Å². The number of hydrogen-bond acceptors (Lipinski definition) is 2. The van der Waals surface area contributed by atoms with Gasteiger partial charge in [-0.3, -0.25) is 4.68 Å². The highest BCUT2D eigenvalue weighted by molar-refractivity contribution is 5.98. The molecule has 0 aliphatic rings. The maximum Gasteiger partial charge on any atom is 0.354 e. The Morgan fingerprint density at radius 3 is 2.60 bits per heavy atom. The minimum atomic E-state index is -0.968. The molecular formula is C15H15N3O2. The van der Waals surface area contributed by atoms with Crippen LogP contribution in [0.25, 0.3) is 22.2 Å². The number of nitrogens with zero attached hydrogens (tertiary/aromatic N) is 3. The van der Waals surface area contributed by atoms with E-state index in [1.807, 2.05) is 38.2 Å². The van der Waals surface area contributed by atoms with Crippen molar-refractivity contribution >= 4 is 16.9 Å². The van der Waals surface area contributed by atoms with Crippen LogP contribution in [-0.2, 0) is 14.1 Å². The Kier molecular flexibility index (Phi) is 2.64. The van der Waals surface area contributed by atoms with Gasteiger partial charge in [0.1, 0.15) is 5.69 Å². The van der Waals surface area contributed by atoms with Gasteiger partial charge in [-0.25, -0.2) is 4.79 Å². The first-order chi connectivity index (χ1) is 9.50. The molecule has 0 saturated carbocycles. The van der Waals surface area contributed by atoms with E-state index in [-0.39, 0.29) is 5.69 Å². The van der Waals surface area contributed by atoms with Gasteiger partial charge in [0.15, 0.2) is 0 Å². The van der Waals surface area contributed by atoms with Gasteiger partial charge in [-0.2, -0.15) is 5.10 Å². The Labute approximate surface area is 116 Å². The topological polar surface area (TPSA) is 60.0 Å². The second kappa shape index (κ2) is 4.23. The quantitative estimate of drug-likeness (QED) is 0.778. The number of rotatable bonds is 2. The van der Waals surface area contributed by atoms with Crippen molar-refractivity contribution in [2.45, 2.75) is 6.92 Å². The van der Waals surface area contributed by atoms with Gasteiger partial charge in [-0.1, -0.05) is 18.2 Å². The molecule has 0 amide bonds. The third kappa shape index (κ3) is 1.63. The van der Waals surface area contributed by atoms with Crippen molar-refractivity contribution in [3.05, 3.63) is 41.7 Å². The Hall–Kier alpha value is -2.56. The summed E-state index contributed by atoms with van der Waals surface area (Å²) in [6.07, 6.45) is 0. The number of fused-ring (bicyclic) bond motifs is 1. The lowest BCUT2D eigenvalue weighted by Crippen LogP contribution is -2.04. The molecule has 0 radical (unpaired) electrons. The highest BCUT2D eigenvalue weighted by Crippen LogP contribution is 2.33. The monoisotopic (exact) mass is 269 g/mol. The summed E-state index contributed by atoms with van der Waals surface area (Å²) < 4.78 is 3.50. The van der Waals surface area contributed by atoms with Crippen LogP contribution in [-0.4, -0.2) is 25.4 Å². The Morgan fingerprint density at radius 1 is 1.25 bits per heavy atom. The molecule has 0 bridgehead atoms. The van der Waals surface area contributed by atoms with Gasteiger partial charge < -0.3 is 9.67 Å². The van der Waals surface area contributed by atoms with Crippen LogP contribution in [0.2, 0.25) is 0 Å². The number of aryl methyl sites for hydroxylation is 2. The summed E-state index contributed by atoms with van der Waals surface area (Å²) in [6, 6.07) is 9.68. The van der Waals surface area contributed by atoms with Crippen molar-refractivity contribution in [1.29, 1.82) is 0 Å². The molecule has 5 nitrogen and oxygen atoms in total. The summed E-state index contributed by atoms with van der Waals surface area (Å²) in [4.78, 5) is 11.2. The summed E-state index contributed by atoms with van der Waals surface area (Å²) in [5.41, 5.74) is 4.06. The fourth-order valence-corrected chi connectivity index (χ4v) is 2.63. The minimum absolute atomic E-state index is 0.187. The summed E-state index contributed by atoms with van der Waals surface area (Å²) >= 11 is 0. The van der Waals surface area contributed by atoms with E-state index in [2.05, 4.69) is 9.67 Å². The Balaban J connectivity index is 2.32. The van der Waals surface area contributed by atoms with Gasteiger partial charge in [-0.15, -0.1) is 0 Å². The fraction of sp³-hybridized carbons (Fsp3) is 0.200. The Bertz CT molecular complexity index is 827. The second-order valence-corrected chi connectivity index (χ2v) is 4.88. The maximum absolute atomic E-state index is 11.2. The SMILES string of the molecule is Cc1c(-c2cc(C(=O)O)n(C)n2)c2ccccc2n1C. The van der Waals surface area contributed by atoms with Gasteiger partial charge in [0.2, 0.25) is 0 Å². The third-order valence-corrected chi connectivity index (χ3v) is 3.75. The highest BCUT2D eigenvalue weighted by atomic mass is 16.4. The van der Waals surface area contributed by atoms with Gasteiger partial charge >= 0.3 is 5.97 Å². The molecular weight excluding hydrogens is 254 g/mol. The standard InChI is InChI=1S/C15H15N3O2/c1-9-14(10-6-4-5-7-12(10)17(9)2)11-8-13(15(19)20)18(3)16-11/h4-8H,1-3H3,(H,19,20).